The zero-order valence-corrected chi connectivity index (χ0v) is 13.4. The van der Waals surface area contributed by atoms with E-state index in [0.717, 1.165) is 26.1 Å². The Labute approximate surface area is 131 Å². The number of benzene rings is 1. The normalized spacial score (nSPS) is 15.0. The average molecular weight is 307 g/mol. The number of likely N-dealkylation sites (tertiary alicyclic amines) is 1. The van der Waals surface area contributed by atoms with Crippen molar-refractivity contribution < 1.29 is 19.4 Å². The van der Waals surface area contributed by atoms with Gasteiger partial charge in [-0.05, 0) is 56.6 Å². The van der Waals surface area contributed by atoms with Gasteiger partial charge in [-0.3, -0.25) is 4.79 Å². The molecule has 5 heteroatoms. The van der Waals surface area contributed by atoms with E-state index in [9.17, 15) is 9.90 Å². The molecule has 1 aliphatic rings. The third-order valence-corrected chi connectivity index (χ3v) is 4.10. The lowest BCUT2D eigenvalue weighted by Gasteiger charge is -2.16. The highest BCUT2D eigenvalue weighted by molar-refractivity contribution is 6.01. The standard InChI is InChI=1S/C17H25NO4/c1-21-15-10-13(12-19)11-16(22-2)17(15)14(20)6-5-9-18-7-3-4-8-18/h10-11,19H,3-9,12H2,1-2H3. The summed E-state index contributed by atoms with van der Waals surface area (Å²) in [5.41, 5.74) is 1.14. The molecule has 1 heterocycles. The predicted molar refractivity (Wildman–Crippen MR) is 84.7 cm³/mol. The molecule has 0 spiro atoms. The van der Waals surface area contributed by atoms with Gasteiger partial charge in [0.25, 0.3) is 0 Å². The molecule has 5 nitrogen and oxygen atoms in total. The number of nitrogens with zero attached hydrogens (tertiary/aromatic N) is 1. The first-order chi connectivity index (χ1) is 10.7. The Morgan fingerprint density at radius 2 is 1.77 bits per heavy atom. The van der Waals surface area contributed by atoms with Gasteiger partial charge >= 0.3 is 0 Å². The molecule has 1 aromatic carbocycles. The summed E-state index contributed by atoms with van der Waals surface area (Å²) in [5, 5.41) is 9.27. The molecule has 122 valence electrons. The fourth-order valence-electron chi connectivity index (χ4n) is 2.93. The molecule has 0 amide bonds. The monoisotopic (exact) mass is 307 g/mol. The second-order valence-corrected chi connectivity index (χ2v) is 5.61. The lowest BCUT2D eigenvalue weighted by Crippen LogP contribution is -2.21. The first kappa shape index (κ1) is 16.8. The van der Waals surface area contributed by atoms with Crippen LogP contribution in [0.4, 0.5) is 0 Å². The van der Waals surface area contributed by atoms with Crippen LogP contribution in [0.2, 0.25) is 0 Å². The van der Waals surface area contributed by atoms with Gasteiger partial charge in [0.05, 0.1) is 20.8 Å². The molecule has 0 unspecified atom stereocenters. The number of aliphatic hydroxyl groups excluding tert-OH is 1. The van der Waals surface area contributed by atoms with Crippen LogP contribution < -0.4 is 9.47 Å². The van der Waals surface area contributed by atoms with E-state index in [4.69, 9.17) is 9.47 Å². The third-order valence-electron chi connectivity index (χ3n) is 4.10. The SMILES string of the molecule is COc1cc(CO)cc(OC)c1C(=O)CCCN1CCCC1. The van der Waals surface area contributed by atoms with Crippen molar-refractivity contribution >= 4 is 5.78 Å². The van der Waals surface area contributed by atoms with E-state index in [0.29, 0.717) is 29.0 Å². The van der Waals surface area contributed by atoms with Crippen molar-refractivity contribution in [1.29, 1.82) is 0 Å². The summed E-state index contributed by atoms with van der Waals surface area (Å²) in [7, 11) is 3.05. The highest BCUT2D eigenvalue weighted by Crippen LogP contribution is 2.32. The van der Waals surface area contributed by atoms with Crippen LogP contribution in [0.3, 0.4) is 0 Å². The van der Waals surface area contributed by atoms with Gasteiger partial charge < -0.3 is 19.5 Å². The van der Waals surface area contributed by atoms with E-state index in [2.05, 4.69) is 4.90 Å². The number of rotatable bonds is 8. The minimum Gasteiger partial charge on any atom is -0.496 e. The summed E-state index contributed by atoms with van der Waals surface area (Å²) >= 11 is 0. The van der Waals surface area contributed by atoms with Crippen LogP contribution in [0.15, 0.2) is 12.1 Å². The van der Waals surface area contributed by atoms with Crippen LogP contribution in [0.25, 0.3) is 0 Å². The van der Waals surface area contributed by atoms with Crippen LogP contribution in [0.1, 0.15) is 41.6 Å². The highest BCUT2D eigenvalue weighted by Gasteiger charge is 2.20. The number of methoxy groups -OCH3 is 2. The van der Waals surface area contributed by atoms with Crippen molar-refractivity contribution in [3.63, 3.8) is 0 Å². The molecule has 1 saturated heterocycles. The van der Waals surface area contributed by atoms with Gasteiger partial charge in [-0.25, -0.2) is 0 Å². The molecule has 0 aromatic heterocycles. The van der Waals surface area contributed by atoms with Crippen molar-refractivity contribution in [1.82, 2.24) is 4.90 Å². The number of ketones is 1. The molecule has 1 aliphatic heterocycles. The predicted octanol–water partition coefficient (Wildman–Crippen LogP) is 2.25. The van der Waals surface area contributed by atoms with Gasteiger partial charge in [-0.1, -0.05) is 0 Å². The van der Waals surface area contributed by atoms with Crippen LogP contribution in [-0.4, -0.2) is 49.6 Å². The van der Waals surface area contributed by atoms with E-state index in [-0.39, 0.29) is 12.4 Å². The Morgan fingerprint density at radius 1 is 1.18 bits per heavy atom. The topological polar surface area (TPSA) is 59.0 Å². The van der Waals surface area contributed by atoms with Crippen molar-refractivity contribution in [3.8, 4) is 11.5 Å². The Kier molecular flexibility index (Phi) is 6.21. The zero-order valence-electron chi connectivity index (χ0n) is 13.4. The zero-order chi connectivity index (χ0) is 15.9. The number of hydrogen-bond acceptors (Lipinski definition) is 5. The summed E-state index contributed by atoms with van der Waals surface area (Å²) in [4.78, 5) is 14.9. The Morgan fingerprint density at radius 3 is 2.27 bits per heavy atom. The number of carbonyl (C=O) groups is 1. The minimum atomic E-state index is -0.115. The molecule has 22 heavy (non-hydrogen) atoms. The summed E-state index contributed by atoms with van der Waals surface area (Å²) < 4.78 is 10.6. The number of hydrogen-bond donors (Lipinski definition) is 1. The molecular formula is C17H25NO4. The Hall–Kier alpha value is -1.59. The maximum absolute atomic E-state index is 12.5. The second kappa shape index (κ2) is 8.15. The molecule has 1 N–H and O–H groups in total. The second-order valence-electron chi connectivity index (χ2n) is 5.61. The maximum atomic E-state index is 12.5. The third kappa shape index (κ3) is 3.99. The minimum absolute atomic E-state index is 0.0254. The number of carbonyl (C=O) groups excluding carboxylic acids is 1. The van der Waals surface area contributed by atoms with Crippen molar-refractivity contribution in [2.45, 2.75) is 32.3 Å². The van der Waals surface area contributed by atoms with Gasteiger partial charge in [0.2, 0.25) is 0 Å². The molecule has 0 bridgehead atoms. The Bertz CT molecular complexity index is 484. The van der Waals surface area contributed by atoms with E-state index in [1.165, 1.54) is 27.1 Å². The van der Waals surface area contributed by atoms with Crippen LogP contribution in [0.5, 0.6) is 11.5 Å². The average Bonchev–Trinajstić information content (AvgIpc) is 3.06. The fraction of sp³-hybridized carbons (Fsp3) is 0.588. The molecule has 0 radical (unpaired) electrons. The van der Waals surface area contributed by atoms with E-state index in [1.807, 2.05) is 0 Å². The summed E-state index contributed by atoms with van der Waals surface area (Å²) in [6.45, 7) is 3.14. The summed E-state index contributed by atoms with van der Waals surface area (Å²) in [5.74, 6) is 0.960. The lowest BCUT2D eigenvalue weighted by molar-refractivity contribution is 0.0970. The number of aliphatic hydroxyl groups is 1. The van der Waals surface area contributed by atoms with Crippen molar-refractivity contribution in [2.24, 2.45) is 0 Å². The van der Waals surface area contributed by atoms with Gasteiger partial charge in [0.15, 0.2) is 5.78 Å². The quantitative estimate of drug-likeness (QED) is 0.747. The Balaban J connectivity index is 2.06. The molecule has 1 aromatic rings. The largest absolute Gasteiger partial charge is 0.496 e. The van der Waals surface area contributed by atoms with Gasteiger partial charge in [0, 0.05) is 6.42 Å². The van der Waals surface area contributed by atoms with Gasteiger partial charge in [0.1, 0.15) is 17.1 Å². The van der Waals surface area contributed by atoms with E-state index >= 15 is 0 Å². The number of Topliss-reactive ketones (excluding diaryl/α,β-unsaturated/α-hetero) is 1. The molecule has 0 aliphatic carbocycles. The first-order valence-corrected chi connectivity index (χ1v) is 7.81. The maximum Gasteiger partial charge on any atom is 0.170 e. The molecule has 0 saturated carbocycles. The molecule has 2 rings (SSSR count). The van der Waals surface area contributed by atoms with Crippen molar-refractivity contribution in [2.75, 3.05) is 33.9 Å². The molecule has 1 fully saturated rings. The number of ether oxygens (including phenoxy) is 2. The van der Waals surface area contributed by atoms with Gasteiger partial charge in [-0.2, -0.15) is 0 Å². The first-order valence-electron chi connectivity index (χ1n) is 7.81. The smallest absolute Gasteiger partial charge is 0.170 e. The van der Waals surface area contributed by atoms with Crippen LogP contribution in [-0.2, 0) is 6.61 Å². The summed E-state index contributed by atoms with van der Waals surface area (Å²) in [6.07, 6.45) is 3.84. The van der Waals surface area contributed by atoms with Crippen molar-refractivity contribution in [3.05, 3.63) is 23.3 Å². The van der Waals surface area contributed by atoms with E-state index in [1.54, 1.807) is 12.1 Å². The highest BCUT2D eigenvalue weighted by atomic mass is 16.5. The summed E-state index contributed by atoms with van der Waals surface area (Å²) in [6, 6.07) is 3.38. The molecular weight excluding hydrogens is 282 g/mol. The van der Waals surface area contributed by atoms with Gasteiger partial charge in [-0.15, -0.1) is 0 Å². The van der Waals surface area contributed by atoms with Crippen LogP contribution >= 0.6 is 0 Å². The van der Waals surface area contributed by atoms with E-state index < -0.39 is 0 Å². The van der Waals surface area contributed by atoms with Crippen LogP contribution in [0, 0.1) is 0 Å². The fourth-order valence-corrected chi connectivity index (χ4v) is 2.93. The molecule has 0 atom stereocenters. The lowest BCUT2D eigenvalue weighted by atomic mass is 10.0.